The fourth-order valence-corrected chi connectivity index (χ4v) is 2.43. The summed E-state index contributed by atoms with van der Waals surface area (Å²) in [5.74, 6) is 0.671. The minimum atomic E-state index is -0.618. The fourth-order valence-electron chi connectivity index (χ4n) is 2.43. The molecule has 0 saturated carbocycles. The number of hydrogen-bond donors (Lipinski definition) is 2. The highest BCUT2D eigenvalue weighted by atomic mass is 16.3. The van der Waals surface area contributed by atoms with Gasteiger partial charge in [-0.3, -0.25) is 0 Å². The van der Waals surface area contributed by atoms with Crippen LogP contribution in [0.1, 0.15) is 39.7 Å². The highest BCUT2D eigenvalue weighted by Crippen LogP contribution is 2.20. The van der Waals surface area contributed by atoms with Crippen molar-refractivity contribution in [2.24, 2.45) is 5.92 Å². The summed E-state index contributed by atoms with van der Waals surface area (Å²) in [4.78, 5) is 0. The maximum atomic E-state index is 9.89. The first-order chi connectivity index (χ1) is 9.85. The Morgan fingerprint density at radius 2 is 2.00 bits per heavy atom. The lowest BCUT2D eigenvalue weighted by Crippen LogP contribution is -2.21. The molecular weight excluding hydrogens is 260 g/mol. The number of nitrogens with zero attached hydrogens (tertiary/aromatic N) is 1. The Hall–Kier alpha value is -1.32. The Balaban J connectivity index is 2.09. The molecule has 1 aromatic heterocycles. The van der Waals surface area contributed by atoms with Crippen LogP contribution in [-0.4, -0.2) is 21.8 Å². The number of nitrogens with one attached hydrogen (secondary N) is 1. The summed E-state index contributed by atoms with van der Waals surface area (Å²) in [7, 11) is 0. The van der Waals surface area contributed by atoms with Gasteiger partial charge >= 0.3 is 0 Å². The van der Waals surface area contributed by atoms with E-state index >= 15 is 0 Å². The van der Waals surface area contributed by atoms with E-state index in [9.17, 15) is 5.11 Å². The van der Waals surface area contributed by atoms with E-state index < -0.39 is 5.60 Å². The summed E-state index contributed by atoms with van der Waals surface area (Å²) in [5.41, 5.74) is 1.95. The molecule has 116 valence electrons. The van der Waals surface area contributed by atoms with Crippen molar-refractivity contribution in [3.63, 3.8) is 0 Å². The van der Waals surface area contributed by atoms with Crippen LogP contribution < -0.4 is 5.32 Å². The van der Waals surface area contributed by atoms with Crippen LogP contribution in [0.3, 0.4) is 0 Å². The molecule has 0 radical (unpaired) electrons. The van der Waals surface area contributed by atoms with Crippen LogP contribution in [0.2, 0.25) is 0 Å². The Morgan fingerprint density at radius 3 is 2.67 bits per heavy atom. The van der Waals surface area contributed by atoms with Gasteiger partial charge in [0.05, 0.1) is 5.60 Å². The summed E-state index contributed by atoms with van der Waals surface area (Å²) < 4.78 is 2.24. The Labute approximate surface area is 128 Å². The zero-order chi connectivity index (χ0) is 15.5. The second kappa shape index (κ2) is 6.63. The normalized spacial score (nSPS) is 12.5. The summed E-state index contributed by atoms with van der Waals surface area (Å²) >= 11 is 0. The number of benzene rings is 1. The zero-order valence-electron chi connectivity index (χ0n) is 13.7. The molecule has 0 bridgehead atoms. The van der Waals surface area contributed by atoms with Crippen LogP contribution in [0.4, 0.5) is 0 Å². The van der Waals surface area contributed by atoms with Crippen molar-refractivity contribution in [1.29, 1.82) is 0 Å². The lowest BCUT2D eigenvalue weighted by atomic mass is 10.1. The molecule has 2 aromatic rings. The van der Waals surface area contributed by atoms with E-state index in [1.807, 2.05) is 13.8 Å². The van der Waals surface area contributed by atoms with Crippen molar-refractivity contribution in [2.45, 2.75) is 52.8 Å². The predicted molar refractivity (Wildman–Crippen MR) is 89.4 cm³/mol. The number of aliphatic hydroxyl groups is 1. The van der Waals surface area contributed by atoms with Gasteiger partial charge in [0.2, 0.25) is 0 Å². The molecule has 2 rings (SSSR count). The molecule has 0 atom stereocenters. The van der Waals surface area contributed by atoms with Crippen LogP contribution in [0.5, 0.6) is 0 Å². The average molecular weight is 288 g/mol. The highest BCUT2D eigenvalue weighted by Gasteiger charge is 2.13. The molecule has 0 amide bonds. The first-order valence-corrected chi connectivity index (χ1v) is 7.86. The SMILES string of the molecule is CC(C)CNCc1ccc2ccn(CCC(C)(C)O)c2c1. The van der Waals surface area contributed by atoms with Crippen molar-refractivity contribution in [3.8, 4) is 0 Å². The molecule has 0 aliphatic carbocycles. The van der Waals surface area contributed by atoms with E-state index in [4.69, 9.17) is 0 Å². The van der Waals surface area contributed by atoms with E-state index in [1.54, 1.807) is 0 Å². The number of rotatable bonds is 7. The molecular formula is C18H28N2O. The summed E-state index contributed by atoms with van der Waals surface area (Å²) in [6.45, 7) is 11.0. The molecule has 21 heavy (non-hydrogen) atoms. The molecule has 0 fully saturated rings. The monoisotopic (exact) mass is 288 g/mol. The molecule has 0 unspecified atom stereocenters. The largest absolute Gasteiger partial charge is 0.390 e. The van der Waals surface area contributed by atoms with Gasteiger partial charge in [-0.15, -0.1) is 0 Å². The Kier molecular flexibility index (Phi) is 5.07. The Morgan fingerprint density at radius 1 is 1.24 bits per heavy atom. The van der Waals surface area contributed by atoms with E-state index in [-0.39, 0.29) is 0 Å². The number of aromatic nitrogens is 1. The summed E-state index contributed by atoms with van der Waals surface area (Å²) in [5, 5.41) is 14.6. The van der Waals surface area contributed by atoms with E-state index in [0.717, 1.165) is 26.1 Å². The molecule has 1 heterocycles. The predicted octanol–water partition coefficient (Wildman–Crippen LogP) is 3.55. The number of hydrogen-bond acceptors (Lipinski definition) is 2. The van der Waals surface area contributed by atoms with Crippen molar-refractivity contribution >= 4 is 10.9 Å². The minimum absolute atomic E-state index is 0.618. The molecule has 3 heteroatoms. The van der Waals surface area contributed by atoms with Gasteiger partial charge in [-0.05, 0) is 55.8 Å². The van der Waals surface area contributed by atoms with Crippen LogP contribution >= 0.6 is 0 Å². The summed E-state index contributed by atoms with van der Waals surface area (Å²) in [6, 6.07) is 8.77. The van der Waals surface area contributed by atoms with Crippen LogP contribution in [0.15, 0.2) is 30.5 Å². The van der Waals surface area contributed by atoms with Crippen LogP contribution in [0.25, 0.3) is 10.9 Å². The van der Waals surface area contributed by atoms with Gasteiger partial charge in [-0.25, -0.2) is 0 Å². The second-order valence-electron chi connectivity index (χ2n) is 6.99. The lowest BCUT2D eigenvalue weighted by molar-refractivity contribution is 0.0666. The molecule has 0 saturated heterocycles. The molecule has 0 aliphatic rings. The topological polar surface area (TPSA) is 37.2 Å². The molecule has 3 nitrogen and oxygen atoms in total. The second-order valence-corrected chi connectivity index (χ2v) is 6.99. The maximum absolute atomic E-state index is 9.89. The average Bonchev–Trinajstić information content (AvgIpc) is 2.77. The third kappa shape index (κ3) is 4.87. The van der Waals surface area contributed by atoms with E-state index in [0.29, 0.717) is 5.92 Å². The first-order valence-electron chi connectivity index (χ1n) is 7.86. The van der Waals surface area contributed by atoms with Gasteiger partial charge in [0, 0.05) is 24.8 Å². The smallest absolute Gasteiger partial charge is 0.0608 e. The summed E-state index contributed by atoms with van der Waals surface area (Å²) in [6.07, 6.45) is 2.87. The van der Waals surface area contributed by atoms with Gasteiger partial charge in [-0.2, -0.15) is 0 Å². The lowest BCUT2D eigenvalue weighted by Gasteiger charge is -2.17. The molecule has 0 spiro atoms. The van der Waals surface area contributed by atoms with E-state index in [2.05, 4.69) is 54.2 Å². The highest BCUT2D eigenvalue weighted by molar-refractivity contribution is 5.80. The fraction of sp³-hybridized carbons (Fsp3) is 0.556. The van der Waals surface area contributed by atoms with E-state index in [1.165, 1.54) is 16.5 Å². The van der Waals surface area contributed by atoms with Crippen LogP contribution in [0, 0.1) is 5.92 Å². The number of aryl methyl sites for hydroxylation is 1. The van der Waals surface area contributed by atoms with Crippen molar-refractivity contribution in [3.05, 3.63) is 36.0 Å². The Bertz CT molecular complexity index is 578. The number of fused-ring (bicyclic) bond motifs is 1. The van der Waals surface area contributed by atoms with Gasteiger partial charge in [0.25, 0.3) is 0 Å². The van der Waals surface area contributed by atoms with Gasteiger partial charge in [0.15, 0.2) is 0 Å². The maximum Gasteiger partial charge on any atom is 0.0608 e. The molecule has 2 N–H and O–H groups in total. The van der Waals surface area contributed by atoms with Gasteiger partial charge in [0.1, 0.15) is 0 Å². The van der Waals surface area contributed by atoms with Gasteiger partial charge in [-0.1, -0.05) is 26.0 Å². The van der Waals surface area contributed by atoms with Crippen LogP contribution in [-0.2, 0) is 13.1 Å². The quantitative estimate of drug-likeness (QED) is 0.817. The standard InChI is InChI=1S/C18H28N2O/c1-14(2)12-19-13-15-5-6-16-7-9-20(17(16)11-15)10-8-18(3,4)21/h5-7,9,11,14,19,21H,8,10,12-13H2,1-4H3. The first kappa shape index (κ1) is 16.1. The van der Waals surface area contributed by atoms with Gasteiger partial charge < -0.3 is 15.0 Å². The van der Waals surface area contributed by atoms with Crippen molar-refractivity contribution in [1.82, 2.24) is 9.88 Å². The zero-order valence-corrected chi connectivity index (χ0v) is 13.7. The third-order valence-corrected chi connectivity index (χ3v) is 3.68. The molecule has 1 aromatic carbocycles. The van der Waals surface area contributed by atoms with Crippen molar-refractivity contribution < 1.29 is 5.11 Å². The molecule has 0 aliphatic heterocycles. The minimum Gasteiger partial charge on any atom is -0.390 e. The third-order valence-electron chi connectivity index (χ3n) is 3.68. The van der Waals surface area contributed by atoms with Crippen molar-refractivity contribution in [2.75, 3.05) is 6.54 Å².